The van der Waals surface area contributed by atoms with Crippen molar-refractivity contribution in [2.24, 2.45) is 5.92 Å². The van der Waals surface area contributed by atoms with Crippen molar-refractivity contribution in [1.29, 1.82) is 0 Å². The second-order valence-electron chi connectivity index (χ2n) is 4.75. The van der Waals surface area contributed by atoms with Crippen molar-refractivity contribution >= 4 is 12.4 Å². The topological polar surface area (TPSA) is 26.3 Å². The standard InChI is InChI=1S/C17H23O2/c1-3-5-7-15(4-2)14-19-17-11-9-16(10-12-17)8-6-13-18/h6,8-12,15H,3-5,7,14H2,1-2H3/b8-6+. The third kappa shape index (κ3) is 6.23. The van der Waals surface area contributed by atoms with E-state index >= 15 is 0 Å². The molecule has 0 aliphatic rings. The van der Waals surface area contributed by atoms with Gasteiger partial charge in [-0.3, -0.25) is 4.79 Å². The van der Waals surface area contributed by atoms with Crippen molar-refractivity contribution < 1.29 is 9.53 Å². The molecule has 0 amide bonds. The Morgan fingerprint density at radius 2 is 2.00 bits per heavy atom. The van der Waals surface area contributed by atoms with Crippen LogP contribution in [0.15, 0.2) is 30.3 Å². The molecule has 0 heterocycles. The van der Waals surface area contributed by atoms with E-state index in [9.17, 15) is 4.79 Å². The van der Waals surface area contributed by atoms with Gasteiger partial charge in [-0.15, -0.1) is 0 Å². The minimum atomic E-state index is 0.643. The first kappa shape index (κ1) is 15.5. The molecule has 0 spiro atoms. The Hall–Kier alpha value is -1.57. The maximum atomic E-state index is 10.1. The molecule has 0 aliphatic carbocycles. The summed E-state index contributed by atoms with van der Waals surface area (Å²) in [4.78, 5) is 10.1. The highest BCUT2D eigenvalue weighted by molar-refractivity contribution is 5.74. The molecule has 0 aliphatic heterocycles. The van der Waals surface area contributed by atoms with E-state index in [1.807, 2.05) is 24.3 Å². The first-order valence-electron chi connectivity index (χ1n) is 7.07. The Kier molecular flexibility index (Phi) is 7.64. The van der Waals surface area contributed by atoms with Crippen LogP contribution in [0.25, 0.3) is 6.08 Å². The molecule has 2 nitrogen and oxygen atoms in total. The van der Waals surface area contributed by atoms with Crippen molar-refractivity contribution in [2.45, 2.75) is 39.5 Å². The Balaban J connectivity index is 2.44. The SMILES string of the molecule is CCCCC(CC)COc1ccc(/C=C/[C]=O)cc1. The summed E-state index contributed by atoms with van der Waals surface area (Å²) in [7, 11) is 0. The normalized spacial score (nSPS) is 12.5. The molecule has 0 fully saturated rings. The highest BCUT2D eigenvalue weighted by atomic mass is 16.5. The number of unbranched alkanes of at least 4 members (excludes halogenated alkanes) is 1. The Bertz CT molecular complexity index is 379. The molecule has 0 bridgehead atoms. The van der Waals surface area contributed by atoms with Crippen molar-refractivity contribution in [3.63, 3.8) is 0 Å². The van der Waals surface area contributed by atoms with Gasteiger partial charge in [-0.2, -0.15) is 0 Å². The average Bonchev–Trinajstić information content (AvgIpc) is 2.46. The van der Waals surface area contributed by atoms with Gasteiger partial charge in [0.2, 0.25) is 6.29 Å². The fourth-order valence-electron chi connectivity index (χ4n) is 1.92. The second kappa shape index (κ2) is 9.37. The highest BCUT2D eigenvalue weighted by Crippen LogP contribution is 2.17. The van der Waals surface area contributed by atoms with E-state index in [1.165, 1.54) is 25.3 Å². The molecule has 1 aromatic rings. The number of hydrogen-bond donors (Lipinski definition) is 0. The van der Waals surface area contributed by atoms with Crippen LogP contribution < -0.4 is 4.74 Å². The predicted octanol–water partition coefficient (Wildman–Crippen LogP) is 4.40. The van der Waals surface area contributed by atoms with Gasteiger partial charge in [0.1, 0.15) is 5.75 Å². The Labute approximate surface area is 116 Å². The van der Waals surface area contributed by atoms with Crippen molar-refractivity contribution in [3.8, 4) is 5.75 Å². The highest BCUT2D eigenvalue weighted by Gasteiger charge is 2.06. The lowest BCUT2D eigenvalue weighted by molar-refractivity contribution is 0.233. The minimum absolute atomic E-state index is 0.643. The van der Waals surface area contributed by atoms with E-state index < -0.39 is 0 Å². The molecule has 2 heteroatoms. The van der Waals surface area contributed by atoms with Gasteiger partial charge >= 0.3 is 0 Å². The molecule has 0 saturated heterocycles. The van der Waals surface area contributed by atoms with Crippen molar-refractivity contribution in [1.82, 2.24) is 0 Å². The summed E-state index contributed by atoms with van der Waals surface area (Å²) in [6, 6.07) is 7.76. The zero-order chi connectivity index (χ0) is 13.9. The molecule has 19 heavy (non-hydrogen) atoms. The third-order valence-electron chi connectivity index (χ3n) is 3.25. The van der Waals surface area contributed by atoms with Crippen LogP contribution >= 0.6 is 0 Å². The molecule has 1 aromatic carbocycles. The number of rotatable bonds is 9. The fourth-order valence-corrected chi connectivity index (χ4v) is 1.92. The molecule has 103 valence electrons. The average molecular weight is 259 g/mol. The summed E-state index contributed by atoms with van der Waals surface area (Å²) in [6.07, 6.45) is 9.75. The minimum Gasteiger partial charge on any atom is -0.493 e. The number of ether oxygens (including phenoxy) is 1. The van der Waals surface area contributed by atoms with E-state index in [0.717, 1.165) is 24.3 Å². The van der Waals surface area contributed by atoms with Crippen LogP contribution in [0.4, 0.5) is 0 Å². The maximum Gasteiger partial charge on any atom is 0.225 e. The molecular weight excluding hydrogens is 236 g/mol. The third-order valence-corrected chi connectivity index (χ3v) is 3.25. The first-order valence-corrected chi connectivity index (χ1v) is 7.07. The van der Waals surface area contributed by atoms with Crippen LogP contribution in [-0.2, 0) is 4.79 Å². The van der Waals surface area contributed by atoms with Crippen LogP contribution in [-0.4, -0.2) is 12.9 Å². The van der Waals surface area contributed by atoms with Crippen LogP contribution in [0.1, 0.15) is 45.1 Å². The van der Waals surface area contributed by atoms with E-state index in [2.05, 4.69) is 13.8 Å². The van der Waals surface area contributed by atoms with Gasteiger partial charge in [0.05, 0.1) is 6.61 Å². The summed E-state index contributed by atoms with van der Waals surface area (Å²) in [5, 5.41) is 0. The molecule has 1 atom stereocenters. The van der Waals surface area contributed by atoms with Crippen LogP contribution in [0.2, 0.25) is 0 Å². The summed E-state index contributed by atoms with van der Waals surface area (Å²) >= 11 is 0. The molecule has 1 unspecified atom stereocenters. The van der Waals surface area contributed by atoms with Gasteiger partial charge in [0.15, 0.2) is 0 Å². The number of benzene rings is 1. The zero-order valence-corrected chi connectivity index (χ0v) is 11.9. The van der Waals surface area contributed by atoms with Crippen LogP contribution in [0.5, 0.6) is 5.75 Å². The van der Waals surface area contributed by atoms with Crippen molar-refractivity contribution in [2.75, 3.05) is 6.61 Å². The van der Waals surface area contributed by atoms with Crippen LogP contribution in [0.3, 0.4) is 0 Å². The van der Waals surface area contributed by atoms with Gasteiger partial charge in [-0.05, 0) is 36.1 Å². The van der Waals surface area contributed by atoms with Gasteiger partial charge in [0.25, 0.3) is 0 Å². The molecule has 1 rings (SSSR count). The summed E-state index contributed by atoms with van der Waals surface area (Å²) in [5.74, 6) is 1.53. The van der Waals surface area contributed by atoms with Crippen LogP contribution in [0, 0.1) is 5.92 Å². The van der Waals surface area contributed by atoms with Crippen molar-refractivity contribution in [3.05, 3.63) is 35.9 Å². The lowest BCUT2D eigenvalue weighted by Crippen LogP contribution is -2.11. The van der Waals surface area contributed by atoms with E-state index in [4.69, 9.17) is 4.74 Å². The molecule has 0 saturated carbocycles. The Morgan fingerprint density at radius 3 is 2.58 bits per heavy atom. The van der Waals surface area contributed by atoms with Gasteiger partial charge in [-0.25, -0.2) is 0 Å². The molecule has 1 radical (unpaired) electrons. The van der Waals surface area contributed by atoms with E-state index in [1.54, 1.807) is 12.4 Å². The van der Waals surface area contributed by atoms with Gasteiger partial charge in [-0.1, -0.05) is 51.3 Å². The number of hydrogen-bond acceptors (Lipinski definition) is 2. The fraction of sp³-hybridized carbons (Fsp3) is 0.471. The number of allylic oxidation sites excluding steroid dienone is 1. The largest absolute Gasteiger partial charge is 0.493 e. The van der Waals surface area contributed by atoms with Gasteiger partial charge in [0, 0.05) is 0 Å². The molecule has 0 N–H and O–H groups in total. The summed E-state index contributed by atoms with van der Waals surface area (Å²) in [5.41, 5.74) is 0.980. The lowest BCUT2D eigenvalue weighted by Gasteiger charge is -2.15. The first-order chi connectivity index (χ1) is 9.30. The van der Waals surface area contributed by atoms with E-state index in [-0.39, 0.29) is 0 Å². The summed E-state index contributed by atoms with van der Waals surface area (Å²) in [6.45, 7) is 5.22. The number of carbonyl (C=O) groups excluding carboxylic acids is 1. The predicted molar refractivity (Wildman–Crippen MR) is 80.0 cm³/mol. The summed E-state index contributed by atoms with van der Waals surface area (Å²) < 4.78 is 5.81. The lowest BCUT2D eigenvalue weighted by atomic mass is 10.0. The van der Waals surface area contributed by atoms with E-state index in [0.29, 0.717) is 5.92 Å². The molecular formula is C17H23O2. The monoisotopic (exact) mass is 259 g/mol. The molecule has 0 aromatic heterocycles. The smallest absolute Gasteiger partial charge is 0.225 e. The quantitative estimate of drug-likeness (QED) is 0.614. The van der Waals surface area contributed by atoms with Gasteiger partial charge < -0.3 is 4.74 Å². The zero-order valence-electron chi connectivity index (χ0n) is 11.9. The maximum absolute atomic E-state index is 10.1. The Morgan fingerprint density at radius 1 is 1.26 bits per heavy atom. The second-order valence-corrected chi connectivity index (χ2v) is 4.75.